The number of benzene rings is 3. The molecule has 2 aromatic heterocycles. The molecule has 0 saturated heterocycles. The fraction of sp³-hybridized carbons (Fsp3) is 0.324. The molecule has 1 N–H and O–H groups in total. The fourth-order valence-corrected chi connectivity index (χ4v) is 7.24. The summed E-state index contributed by atoms with van der Waals surface area (Å²) in [6.07, 6.45) is 2.90. The molecule has 43 heavy (non-hydrogen) atoms. The zero-order valence-corrected chi connectivity index (χ0v) is 30.0. The van der Waals surface area contributed by atoms with Crippen molar-refractivity contribution in [3.05, 3.63) is 94.5 Å². The Morgan fingerprint density at radius 2 is 1.63 bits per heavy atom. The van der Waals surface area contributed by atoms with Crippen LogP contribution in [0.5, 0.6) is 0 Å². The molecule has 6 heteroatoms. The number of fused-ring (bicyclic) bond motifs is 2. The van der Waals surface area contributed by atoms with Gasteiger partial charge >= 0.3 is 0 Å². The van der Waals surface area contributed by atoms with Gasteiger partial charge in [0.2, 0.25) is 0 Å². The number of aliphatic hydroxyl groups excluding tert-OH is 1. The Kier molecular flexibility index (Phi) is 10.9. The molecule has 0 fully saturated rings. The van der Waals surface area contributed by atoms with Crippen LogP contribution in [0.2, 0.25) is 0 Å². The molecule has 0 aliphatic carbocycles. The minimum absolute atomic E-state index is 0. The normalized spacial score (nSPS) is 11.8. The van der Waals surface area contributed by atoms with E-state index in [1.807, 2.05) is 11.3 Å². The number of carbonyl (C=O) groups excluding carboxylic acids is 1. The molecule has 2 heterocycles. The minimum atomic E-state index is -0.125. The molecular formula is C37H41IrN2O2S-. The Labute approximate surface area is 273 Å². The molecule has 0 aliphatic rings. The van der Waals surface area contributed by atoms with Crippen molar-refractivity contribution >= 4 is 38.1 Å². The second-order valence-electron chi connectivity index (χ2n) is 12.5. The summed E-state index contributed by atoms with van der Waals surface area (Å²) in [6, 6.07) is 19.1. The summed E-state index contributed by atoms with van der Waals surface area (Å²) in [5.41, 5.74) is 11.0. The summed E-state index contributed by atoms with van der Waals surface area (Å²) in [4.78, 5) is 21.0. The van der Waals surface area contributed by atoms with E-state index in [-0.39, 0.29) is 37.1 Å². The van der Waals surface area contributed by atoms with Crippen LogP contribution in [-0.2, 0) is 30.3 Å². The maximum Gasteiger partial charge on any atom is 0.155 e. The Balaban J connectivity index is 0.000000567. The van der Waals surface area contributed by atoms with E-state index in [1.54, 1.807) is 6.33 Å². The molecule has 0 spiro atoms. The Bertz CT molecular complexity index is 1800. The molecule has 0 amide bonds. The van der Waals surface area contributed by atoms with E-state index in [0.717, 1.165) is 26.9 Å². The van der Waals surface area contributed by atoms with Crippen LogP contribution in [0, 0.1) is 26.8 Å². The molecule has 3 aromatic carbocycles. The molecule has 0 unspecified atom stereocenters. The third kappa shape index (κ3) is 7.49. The van der Waals surface area contributed by atoms with E-state index < -0.39 is 0 Å². The zero-order chi connectivity index (χ0) is 30.9. The summed E-state index contributed by atoms with van der Waals surface area (Å²) in [7, 11) is 0. The van der Waals surface area contributed by atoms with Crippen molar-refractivity contribution in [1.29, 1.82) is 0 Å². The van der Waals surface area contributed by atoms with Crippen molar-refractivity contribution in [2.45, 2.75) is 80.6 Å². The number of nitrogens with zero attached hydrogens (tertiary/aromatic N) is 2. The number of aryl methyl sites for hydroxylation is 3. The first kappa shape index (κ1) is 34.3. The SMILES string of the molecule is CC(=O)/C=C(/C)O.Cc1cc(C)c(-c2sc3c(-c4[c-]c5ccccc5c(C(C)(C)C)c4)ncnc3c2C(C)C)c(C)c1.[Ir]. The molecule has 0 bridgehead atoms. The average molecular weight is 770 g/mol. The maximum absolute atomic E-state index is 10.0. The van der Waals surface area contributed by atoms with Crippen LogP contribution in [0.4, 0.5) is 0 Å². The zero-order valence-electron chi connectivity index (χ0n) is 26.8. The van der Waals surface area contributed by atoms with Crippen LogP contribution in [0.1, 0.15) is 82.2 Å². The quantitative estimate of drug-likeness (QED) is 0.112. The summed E-state index contributed by atoms with van der Waals surface area (Å²) in [5.74, 6) is 0.292. The predicted octanol–water partition coefficient (Wildman–Crippen LogP) is 10.4. The number of aliphatic hydroxyl groups is 1. The Morgan fingerprint density at radius 1 is 1.00 bits per heavy atom. The van der Waals surface area contributed by atoms with E-state index in [2.05, 4.69) is 104 Å². The van der Waals surface area contributed by atoms with Gasteiger partial charge in [-0.3, -0.25) is 9.78 Å². The van der Waals surface area contributed by atoms with Crippen molar-refractivity contribution in [2.24, 2.45) is 0 Å². The van der Waals surface area contributed by atoms with Crippen molar-refractivity contribution in [3.8, 4) is 21.7 Å². The number of ketones is 1. The molecule has 0 saturated carbocycles. The number of thiophene rings is 1. The number of allylic oxidation sites excluding steroid dienone is 2. The van der Waals surface area contributed by atoms with E-state index >= 15 is 0 Å². The van der Waals surface area contributed by atoms with Gasteiger partial charge in [-0.15, -0.1) is 40.5 Å². The van der Waals surface area contributed by atoms with Gasteiger partial charge in [-0.05, 0) is 68.2 Å². The fourth-order valence-electron chi connectivity index (χ4n) is 5.65. The summed E-state index contributed by atoms with van der Waals surface area (Å²) >= 11 is 1.83. The smallest absolute Gasteiger partial charge is 0.155 e. The van der Waals surface area contributed by atoms with Gasteiger partial charge in [0.1, 0.15) is 6.33 Å². The van der Waals surface area contributed by atoms with Crippen molar-refractivity contribution < 1.29 is 30.0 Å². The largest absolute Gasteiger partial charge is 0.512 e. The molecular weight excluding hydrogens is 729 g/mol. The molecule has 0 atom stereocenters. The van der Waals surface area contributed by atoms with E-state index in [9.17, 15) is 4.79 Å². The van der Waals surface area contributed by atoms with E-state index in [4.69, 9.17) is 15.1 Å². The van der Waals surface area contributed by atoms with Gasteiger partial charge in [-0.1, -0.05) is 81.5 Å². The van der Waals surface area contributed by atoms with Gasteiger partial charge in [-0.2, -0.15) is 0 Å². The maximum atomic E-state index is 10.0. The third-order valence-corrected chi connectivity index (χ3v) is 8.46. The Morgan fingerprint density at radius 3 is 2.16 bits per heavy atom. The number of aromatic nitrogens is 2. The van der Waals surface area contributed by atoms with Crippen molar-refractivity contribution in [1.82, 2.24) is 9.97 Å². The topological polar surface area (TPSA) is 63.1 Å². The molecule has 0 aliphatic heterocycles. The van der Waals surface area contributed by atoms with Gasteiger partial charge < -0.3 is 5.11 Å². The van der Waals surface area contributed by atoms with Crippen LogP contribution in [-0.4, -0.2) is 20.9 Å². The number of hydrogen-bond donors (Lipinski definition) is 1. The first-order valence-electron chi connectivity index (χ1n) is 14.4. The first-order valence-corrected chi connectivity index (χ1v) is 15.2. The van der Waals surface area contributed by atoms with Gasteiger partial charge in [0.15, 0.2) is 5.78 Å². The third-order valence-electron chi connectivity index (χ3n) is 7.24. The van der Waals surface area contributed by atoms with Crippen LogP contribution >= 0.6 is 11.3 Å². The van der Waals surface area contributed by atoms with Crippen molar-refractivity contribution in [2.75, 3.05) is 0 Å². The predicted molar refractivity (Wildman–Crippen MR) is 179 cm³/mol. The van der Waals surface area contributed by atoms with Gasteiger partial charge in [0.25, 0.3) is 0 Å². The summed E-state index contributed by atoms with van der Waals surface area (Å²) < 4.78 is 1.15. The number of carbonyl (C=O) groups is 1. The van der Waals surface area contributed by atoms with E-state index in [1.165, 1.54) is 63.6 Å². The monoisotopic (exact) mass is 770 g/mol. The average Bonchev–Trinajstić information content (AvgIpc) is 3.25. The molecule has 5 rings (SSSR count). The van der Waals surface area contributed by atoms with E-state index in [0.29, 0.717) is 5.92 Å². The van der Waals surface area contributed by atoms with Crippen LogP contribution in [0.25, 0.3) is 42.7 Å². The molecule has 4 nitrogen and oxygen atoms in total. The number of hydrogen-bond acceptors (Lipinski definition) is 5. The second kappa shape index (κ2) is 13.6. The number of rotatable bonds is 4. The summed E-state index contributed by atoms with van der Waals surface area (Å²) in [6.45, 7) is 20.8. The van der Waals surface area contributed by atoms with Crippen LogP contribution in [0.15, 0.2) is 60.6 Å². The minimum Gasteiger partial charge on any atom is -0.512 e. The summed E-state index contributed by atoms with van der Waals surface area (Å²) in [5, 5.41) is 10.8. The first-order chi connectivity index (χ1) is 19.7. The standard InChI is InChI=1S/C32H33N2S.C5H8O2.Ir/c1-18(2)26-29-31(35-30(26)27-20(4)13-19(3)14-21(27)5)28(33-17-34-29)23-15-22-11-9-10-12-24(22)25(16-23)32(6,7)8;1-4(6)3-5(2)7;/h9-14,16-18H,1-8H3;3,6H,1-2H3;/q-1;;/b;4-3-;. The van der Waals surface area contributed by atoms with Gasteiger partial charge in [0.05, 0.1) is 11.3 Å². The Hall–Kier alpha value is -3.18. The second-order valence-corrected chi connectivity index (χ2v) is 13.5. The van der Waals surface area contributed by atoms with Crippen molar-refractivity contribution in [3.63, 3.8) is 0 Å². The molecule has 227 valence electrons. The van der Waals surface area contributed by atoms with Gasteiger partial charge in [-0.25, -0.2) is 4.98 Å². The van der Waals surface area contributed by atoms with Crippen LogP contribution in [0.3, 0.4) is 0 Å². The molecule has 1 radical (unpaired) electrons. The van der Waals surface area contributed by atoms with Crippen LogP contribution < -0.4 is 0 Å². The van der Waals surface area contributed by atoms with Gasteiger partial charge in [0, 0.05) is 41.5 Å². The molecule has 5 aromatic rings.